The average Bonchev–Trinajstić information content (AvgIpc) is 3.10. The number of pyridine rings is 1. The van der Waals surface area contributed by atoms with Crippen molar-refractivity contribution >= 4 is 5.91 Å². The Hall–Kier alpha value is -1.62. The summed E-state index contributed by atoms with van der Waals surface area (Å²) in [6, 6.07) is 3.78. The molecule has 0 bridgehead atoms. The van der Waals surface area contributed by atoms with Crippen LogP contribution in [0, 0.1) is 0 Å². The average molecular weight is 261 g/mol. The molecule has 5 nitrogen and oxygen atoms in total. The summed E-state index contributed by atoms with van der Waals surface area (Å²) in [6.45, 7) is 2.44. The lowest BCUT2D eigenvalue weighted by Crippen LogP contribution is -2.43. The molecule has 102 valence electrons. The molecule has 1 aromatic heterocycles. The first-order chi connectivity index (χ1) is 9.33. The fourth-order valence-electron chi connectivity index (χ4n) is 2.75. The molecule has 2 aliphatic heterocycles. The molecule has 5 heteroatoms. The van der Waals surface area contributed by atoms with Crippen molar-refractivity contribution < 1.29 is 9.53 Å². The van der Waals surface area contributed by atoms with Gasteiger partial charge in [-0.15, -0.1) is 0 Å². The monoisotopic (exact) mass is 261 g/mol. The maximum Gasteiger partial charge on any atom is 0.239 e. The number of likely N-dealkylation sites (tertiary alicyclic amines) is 1. The maximum atomic E-state index is 12.2. The molecule has 3 heterocycles. The molecule has 1 N–H and O–H groups in total. The standard InChI is InChI=1S/C14H19N3O2/c18-14(13-4-2-7-16-13)17-8-5-12(10-17)19-11-3-1-6-15-9-11/h1,3,6,9,12-13,16H,2,4-5,7-8,10H2/t12-,13+/m0/s1. The van der Waals surface area contributed by atoms with Crippen molar-refractivity contribution in [2.24, 2.45) is 0 Å². The number of nitrogens with zero attached hydrogens (tertiary/aromatic N) is 2. The van der Waals surface area contributed by atoms with Gasteiger partial charge in [0.25, 0.3) is 0 Å². The summed E-state index contributed by atoms with van der Waals surface area (Å²) in [7, 11) is 0. The number of carbonyl (C=O) groups excluding carboxylic acids is 1. The molecule has 0 aliphatic carbocycles. The van der Waals surface area contributed by atoms with Gasteiger partial charge in [-0.3, -0.25) is 9.78 Å². The Labute approximate surface area is 113 Å². The lowest BCUT2D eigenvalue weighted by Gasteiger charge is -2.20. The van der Waals surface area contributed by atoms with Gasteiger partial charge in [0.2, 0.25) is 5.91 Å². The summed E-state index contributed by atoms with van der Waals surface area (Å²) in [5.41, 5.74) is 0. The van der Waals surface area contributed by atoms with Crippen molar-refractivity contribution in [1.82, 2.24) is 15.2 Å². The van der Waals surface area contributed by atoms with Gasteiger partial charge in [0.15, 0.2) is 0 Å². The Morgan fingerprint density at radius 2 is 2.42 bits per heavy atom. The predicted octanol–water partition coefficient (Wildman–Crippen LogP) is 0.813. The molecule has 2 saturated heterocycles. The van der Waals surface area contributed by atoms with E-state index in [0.717, 1.165) is 38.1 Å². The molecule has 0 aromatic carbocycles. The molecular formula is C14H19N3O2. The van der Waals surface area contributed by atoms with Crippen LogP contribution in [0.4, 0.5) is 0 Å². The summed E-state index contributed by atoms with van der Waals surface area (Å²) in [6.07, 6.45) is 6.48. The molecule has 2 aliphatic rings. The Kier molecular flexibility index (Phi) is 3.64. The van der Waals surface area contributed by atoms with Crippen LogP contribution in [0.3, 0.4) is 0 Å². The number of ether oxygens (including phenoxy) is 1. The molecular weight excluding hydrogens is 242 g/mol. The first-order valence-corrected chi connectivity index (χ1v) is 6.92. The number of hydrogen-bond donors (Lipinski definition) is 1. The van der Waals surface area contributed by atoms with E-state index in [4.69, 9.17) is 4.74 Å². The Bertz CT molecular complexity index is 432. The quantitative estimate of drug-likeness (QED) is 0.875. The summed E-state index contributed by atoms with van der Waals surface area (Å²) < 4.78 is 5.84. The summed E-state index contributed by atoms with van der Waals surface area (Å²) in [4.78, 5) is 18.2. The topological polar surface area (TPSA) is 54.5 Å². The van der Waals surface area contributed by atoms with Crippen LogP contribution >= 0.6 is 0 Å². The van der Waals surface area contributed by atoms with Gasteiger partial charge in [0.1, 0.15) is 11.9 Å². The number of carbonyl (C=O) groups is 1. The molecule has 0 spiro atoms. The van der Waals surface area contributed by atoms with Crippen LogP contribution in [-0.2, 0) is 4.79 Å². The molecule has 0 radical (unpaired) electrons. The van der Waals surface area contributed by atoms with Crippen molar-refractivity contribution in [3.05, 3.63) is 24.5 Å². The van der Waals surface area contributed by atoms with E-state index in [1.54, 1.807) is 12.4 Å². The third-order valence-corrected chi connectivity index (χ3v) is 3.75. The van der Waals surface area contributed by atoms with Crippen molar-refractivity contribution in [3.8, 4) is 5.75 Å². The Morgan fingerprint density at radius 3 is 3.16 bits per heavy atom. The molecule has 0 saturated carbocycles. The molecule has 2 atom stereocenters. The first kappa shape index (κ1) is 12.4. The highest BCUT2D eigenvalue weighted by Gasteiger charge is 2.32. The minimum atomic E-state index is 0.0251. The first-order valence-electron chi connectivity index (χ1n) is 6.92. The molecule has 1 aromatic rings. The maximum absolute atomic E-state index is 12.2. The second-order valence-corrected chi connectivity index (χ2v) is 5.15. The molecule has 3 rings (SSSR count). The van der Waals surface area contributed by atoms with Crippen LogP contribution in [0.2, 0.25) is 0 Å². The zero-order chi connectivity index (χ0) is 13.1. The highest BCUT2D eigenvalue weighted by atomic mass is 16.5. The van der Waals surface area contributed by atoms with Crippen LogP contribution in [0.1, 0.15) is 19.3 Å². The number of rotatable bonds is 3. The number of hydrogen-bond acceptors (Lipinski definition) is 4. The van der Waals surface area contributed by atoms with Crippen LogP contribution in [-0.4, -0.2) is 47.6 Å². The Balaban J connectivity index is 1.53. The number of amides is 1. The summed E-state index contributed by atoms with van der Waals surface area (Å²) in [5.74, 6) is 1.01. The van der Waals surface area contributed by atoms with Gasteiger partial charge >= 0.3 is 0 Å². The third kappa shape index (κ3) is 2.87. The van der Waals surface area contributed by atoms with Crippen molar-refractivity contribution in [2.75, 3.05) is 19.6 Å². The zero-order valence-electron chi connectivity index (χ0n) is 10.9. The fraction of sp³-hybridized carbons (Fsp3) is 0.571. The third-order valence-electron chi connectivity index (χ3n) is 3.75. The van der Waals surface area contributed by atoms with Crippen molar-refractivity contribution in [3.63, 3.8) is 0 Å². The van der Waals surface area contributed by atoms with Crippen LogP contribution < -0.4 is 10.1 Å². The van der Waals surface area contributed by atoms with Crippen LogP contribution in [0.15, 0.2) is 24.5 Å². The Morgan fingerprint density at radius 1 is 1.47 bits per heavy atom. The highest BCUT2D eigenvalue weighted by molar-refractivity contribution is 5.82. The van der Waals surface area contributed by atoms with Gasteiger partial charge in [0.05, 0.1) is 18.8 Å². The van der Waals surface area contributed by atoms with Crippen LogP contribution in [0.25, 0.3) is 0 Å². The van der Waals surface area contributed by atoms with Gasteiger partial charge < -0.3 is 15.0 Å². The van der Waals surface area contributed by atoms with Crippen molar-refractivity contribution in [1.29, 1.82) is 0 Å². The number of aromatic nitrogens is 1. The predicted molar refractivity (Wildman–Crippen MR) is 70.9 cm³/mol. The molecule has 1 amide bonds. The smallest absolute Gasteiger partial charge is 0.239 e. The number of nitrogens with one attached hydrogen (secondary N) is 1. The van der Waals surface area contributed by atoms with Crippen molar-refractivity contribution in [2.45, 2.75) is 31.4 Å². The van der Waals surface area contributed by atoms with Gasteiger partial charge in [-0.1, -0.05) is 0 Å². The fourth-order valence-corrected chi connectivity index (χ4v) is 2.75. The highest BCUT2D eigenvalue weighted by Crippen LogP contribution is 2.19. The second-order valence-electron chi connectivity index (χ2n) is 5.15. The normalized spacial score (nSPS) is 26.6. The van der Waals surface area contributed by atoms with E-state index < -0.39 is 0 Å². The van der Waals surface area contributed by atoms with E-state index in [2.05, 4.69) is 10.3 Å². The molecule has 0 unspecified atom stereocenters. The van der Waals surface area contributed by atoms with Gasteiger partial charge in [-0.2, -0.15) is 0 Å². The van der Waals surface area contributed by atoms with Gasteiger partial charge in [-0.05, 0) is 31.5 Å². The van der Waals surface area contributed by atoms with Gasteiger partial charge in [-0.25, -0.2) is 0 Å². The minimum absolute atomic E-state index is 0.0251. The zero-order valence-corrected chi connectivity index (χ0v) is 10.9. The second kappa shape index (κ2) is 5.57. The summed E-state index contributed by atoms with van der Waals surface area (Å²) >= 11 is 0. The molecule has 19 heavy (non-hydrogen) atoms. The SMILES string of the molecule is O=C([C@H]1CCCN1)N1CC[C@H](Oc2cccnc2)C1. The summed E-state index contributed by atoms with van der Waals surface area (Å²) in [5, 5.41) is 3.26. The lowest BCUT2D eigenvalue weighted by molar-refractivity contribution is -0.132. The minimum Gasteiger partial charge on any atom is -0.487 e. The molecule has 2 fully saturated rings. The van der Waals surface area contributed by atoms with E-state index in [1.165, 1.54) is 0 Å². The van der Waals surface area contributed by atoms with Crippen LogP contribution in [0.5, 0.6) is 5.75 Å². The largest absolute Gasteiger partial charge is 0.487 e. The van der Waals surface area contributed by atoms with E-state index >= 15 is 0 Å². The van der Waals surface area contributed by atoms with E-state index in [-0.39, 0.29) is 18.1 Å². The van der Waals surface area contributed by atoms with Gasteiger partial charge in [0, 0.05) is 19.2 Å². The van der Waals surface area contributed by atoms with E-state index in [9.17, 15) is 4.79 Å². The van der Waals surface area contributed by atoms with E-state index in [1.807, 2.05) is 17.0 Å². The van der Waals surface area contributed by atoms with E-state index in [0.29, 0.717) is 6.54 Å². The lowest BCUT2D eigenvalue weighted by atomic mass is 10.2.